The second-order valence-corrected chi connectivity index (χ2v) is 10.5. The Morgan fingerprint density at radius 3 is 2.15 bits per heavy atom. The summed E-state index contributed by atoms with van der Waals surface area (Å²) in [4.78, 5) is 0.216. The summed E-state index contributed by atoms with van der Waals surface area (Å²) in [5, 5.41) is 0.925. The first-order chi connectivity index (χ1) is 16.3. The minimum absolute atomic E-state index is 0.216. The van der Waals surface area contributed by atoms with Crippen LogP contribution in [-0.4, -0.2) is 12.7 Å². The highest BCUT2D eigenvalue weighted by Crippen LogP contribution is 2.42. The van der Waals surface area contributed by atoms with Crippen LogP contribution in [0.1, 0.15) is 34.9 Å². The topological polar surface area (TPSA) is 50.5 Å². The number of hydrogen-bond donors (Lipinski definition) is 0. The van der Waals surface area contributed by atoms with Crippen LogP contribution >= 0.6 is 0 Å². The third-order valence-corrected chi connectivity index (χ3v) is 7.71. The molecule has 0 aliphatic carbocycles. The predicted octanol–water partition coefficient (Wildman–Crippen LogP) is 7.06. The standard InChI is InChI=1S/C29H25NO3S/c1-19(2)28-27(22-13-9-20(3)10-14-22)29-25(24-7-5-6-8-26(24)33-29)17-18-30(28)34(31,32)23-15-11-21(4)12-16-23/h5-18H,1H2,2-4H3. The monoisotopic (exact) mass is 467 g/mol. The largest absolute Gasteiger partial charge is 0.455 e. The molecule has 0 N–H and O–H groups in total. The molecule has 0 saturated carbocycles. The molecule has 5 rings (SSSR count). The number of sulfonamides is 1. The number of fused-ring (bicyclic) bond motifs is 3. The first-order valence-corrected chi connectivity index (χ1v) is 12.5. The van der Waals surface area contributed by atoms with Crippen LogP contribution in [0.25, 0.3) is 22.6 Å². The second kappa shape index (κ2) is 8.19. The van der Waals surface area contributed by atoms with Gasteiger partial charge in [-0.05, 0) is 56.2 Å². The number of para-hydroxylation sites is 1. The van der Waals surface area contributed by atoms with E-state index in [1.165, 1.54) is 4.31 Å². The number of aryl methyl sites for hydroxylation is 2. The lowest BCUT2D eigenvalue weighted by atomic mass is 9.95. The number of rotatable bonds is 4. The summed E-state index contributed by atoms with van der Waals surface area (Å²) in [6, 6.07) is 22.7. The Kier molecular flexibility index (Phi) is 5.29. The van der Waals surface area contributed by atoms with E-state index in [9.17, 15) is 8.42 Å². The van der Waals surface area contributed by atoms with Crippen molar-refractivity contribution in [1.82, 2.24) is 4.31 Å². The molecule has 0 amide bonds. The van der Waals surface area contributed by atoms with Gasteiger partial charge in [0, 0.05) is 17.1 Å². The van der Waals surface area contributed by atoms with Crippen molar-refractivity contribution in [3.63, 3.8) is 0 Å². The molecule has 1 aliphatic heterocycles. The lowest BCUT2D eigenvalue weighted by Crippen LogP contribution is -2.26. The van der Waals surface area contributed by atoms with Gasteiger partial charge in [-0.15, -0.1) is 0 Å². The fraction of sp³-hybridized carbons (Fsp3) is 0.103. The molecule has 0 atom stereocenters. The van der Waals surface area contributed by atoms with Crippen LogP contribution in [0.2, 0.25) is 0 Å². The highest BCUT2D eigenvalue weighted by atomic mass is 32.2. The fourth-order valence-corrected chi connectivity index (χ4v) is 5.68. The predicted molar refractivity (Wildman–Crippen MR) is 137 cm³/mol. The van der Waals surface area contributed by atoms with E-state index in [0.717, 1.165) is 33.2 Å². The first-order valence-electron chi connectivity index (χ1n) is 11.1. The molecule has 4 aromatic rings. The average Bonchev–Trinajstić information content (AvgIpc) is 3.08. The minimum Gasteiger partial charge on any atom is -0.455 e. The first kappa shape index (κ1) is 22.0. The number of hydrogen-bond acceptors (Lipinski definition) is 3. The van der Waals surface area contributed by atoms with Crippen LogP contribution < -0.4 is 0 Å². The summed E-state index contributed by atoms with van der Waals surface area (Å²) in [7, 11) is -3.91. The summed E-state index contributed by atoms with van der Waals surface area (Å²) in [6.07, 6.45) is 3.43. The lowest BCUT2D eigenvalue weighted by Gasteiger charge is -2.25. The molecule has 170 valence electrons. The number of benzene rings is 3. The highest BCUT2D eigenvalue weighted by molar-refractivity contribution is 7.89. The molecule has 34 heavy (non-hydrogen) atoms. The normalized spacial score (nSPS) is 13.8. The quantitative estimate of drug-likeness (QED) is 0.323. The van der Waals surface area contributed by atoms with E-state index >= 15 is 0 Å². The van der Waals surface area contributed by atoms with E-state index in [2.05, 4.69) is 6.58 Å². The molecule has 0 bridgehead atoms. The molecule has 0 fully saturated rings. The third kappa shape index (κ3) is 3.58. The molecule has 0 saturated heterocycles. The van der Waals surface area contributed by atoms with Crippen LogP contribution in [0.15, 0.2) is 106 Å². The number of allylic oxidation sites excluding steroid dienone is 1. The lowest BCUT2D eigenvalue weighted by molar-refractivity contribution is 0.544. The fourth-order valence-electron chi connectivity index (χ4n) is 4.26. The molecule has 0 unspecified atom stereocenters. The van der Waals surface area contributed by atoms with Gasteiger partial charge >= 0.3 is 0 Å². The maximum atomic E-state index is 13.9. The Labute approximate surface area is 200 Å². The molecule has 3 aromatic carbocycles. The van der Waals surface area contributed by atoms with Crippen LogP contribution in [0.5, 0.6) is 0 Å². The maximum absolute atomic E-state index is 13.9. The smallest absolute Gasteiger partial charge is 0.268 e. The van der Waals surface area contributed by atoms with Gasteiger partial charge in [-0.3, -0.25) is 0 Å². The van der Waals surface area contributed by atoms with Gasteiger partial charge in [0.15, 0.2) is 0 Å². The van der Waals surface area contributed by atoms with Gasteiger partial charge in [0.2, 0.25) is 0 Å². The van der Waals surface area contributed by atoms with E-state index in [4.69, 9.17) is 4.42 Å². The van der Waals surface area contributed by atoms with Crippen molar-refractivity contribution in [2.75, 3.05) is 0 Å². The summed E-state index contributed by atoms with van der Waals surface area (Å²) in [5.74, 6) is 0.626. The van der Waals surface area contributed by atoms with Crippen LogP contribution in [0.3, 0.4) is 0 Å². The molecule has 2 heterocycles. The zero-order valence-corrected chi connectivity index (χ0v) is 20.2. The van der Waals surface area contributed by atoms with E-state index in [1.807, 2.05) is 75.4 Å². The third-order valence-electron chi connectivity index (χ3n) is 6.02. The Balaban J connectivity index is 1.86. The minimum atomic E-state index is -3.91. The van der Waals surface area contributed by atoms with Crippen LogP contribution in [-0.2, 0) is 10.0 Å². The van der Waals surface area contributed by atoms with E-state index in [0.29, 0.717) is 22.6 Å². The Bertz CT molecular complexity index is 1590. The SMILES string of the molecule is C=C(C)C1=C(c2ccc(C)cc2)c2oc3ccccc3c2C=CN1S(=O)(=O)c1ccc(C)cc1. The van der Waals surface area contributed by atoms with Crippen LogP contribution in [0, 0.1) is 13.8 Å². The van der Waals surface area contributed by atoms with Crippen LogP contribution in [0.4, 0.5) is 0 Å². The molecular weight excluding hydrogens is 442 g/mol. The highest BCUT2D eigenvalue weighted by Gasteiger charge is 2.33. The number of nitrogens with zero attached hydrogens (tertiary/aromatic N) is 1. The molecule has 4 nitrogen and oxygen atoms in total. The van der Waals surface area contributed by atoms with Gasteiger partial charge in [0.25, 0.3) is 10.0 Å². The van der Waals surface area contributed by atoms with Crippen molar-refractivity contribution in [3.05, 3.63) is 125 Å². The van der Waals surface area contributed by atoms with Crippen molar-refractivity contribution < 1.29 is 12.8 Å². The van der Waals surface area contributed by atoms with Crippen molar-refractivity contribution >= 4 is 32.6 Å². The molecule has 0 spiro atoms. The van der Waals surface area contributed by atoms with E-state index in [-0.39, 0.29) is 4.90 Å². The van der Waals surface area contributed by atoms with E-state index < -0.39 is 10.0 Å². The van der Waals surface area contributed by atoms with Gasteiger partial charge in [-0.1, -0.05) is 72.3 Å². The van der Waals surface area contributed by atoms with Gasteiger partial charge in [0.05, 0.1) is 16.2 Å². The summed E-state index contributed by atoms with van der Waals surface area (Å²) in [6.45, 7) is 9.95. The second-order valence-electron chi connectivity index (χ2n) is 8.64. The van der Waals surface area contributed by atoms with Crippen molar-refractivity contribution in [3.8, 4) is 0 Å². The Hall–Kier alpha value is -3.83. The molecule has 5 heteroatoms. The van der Waals surface area contributed by atoms with Gasteiger partial charge in [0.1, 0.15) is 11.3 Å². The molecular formula is C29H25NO3S. The van der Waals surface area contributed by atoms with Crippen molar-refractivity contribution in [1.29, 1.82) is 0 Å². The molecule has 1 aromatic heterocycles. The number of furan rings is 1. The van der Waals surface area contributed by atoms with Crippen molar-refractivity contribution in [2.45, 2.75) is 25.7 Å². The van der Waals surface area contributed by atoms with Gasteiger partial charge in [-0.2, -0.15) is 0 Å². The van der Waals surface area contributed by atoms with Gasteiger partial charge < -0.3 is 4.42 Å². The maximum Gasteiger partial charge on any atom is 0.268 e. The summed E-state index contributed by atoms with van der Waals surface area (Å²) >= 11 is 0. The Morgan fingerprint density at radius 1 is 0.882 bits per heavy atom. The van der Waals surface area contributed by atoms with E-state index in [1.54, 1.807) is 30.5 Å². The Morgan fingerprint density at radius 2 is 1.50 bits per heavy atom. The summed E-state index contributed by atoms with van der Waals surface area (Å²) < 4.78 is 35.5. The average molecular weight is 468 g/mol. The molecule has 0 radical (unpaired) electrons. The zero-order valence-electron chi connectivity index (χ0n) is 19.4. The molecule has 1 aliphatic rings. The zero-order chi connectivity index (χ0) is 24.0. The van der Waals surface area contributed by atoms with Crippen molar-refractivity contribution in [2.24, 2.45) is 0 Å². The summed E-state index contributed by atoms with van der Waals surface area (Å²) in [5.41, 5.74) is 6.34. The van der Waals surface area contributed by atoms with Gasteiger partial charge in [-0.25, -0.2) is 12.7 Å².